The number of carbonyl (C=O) groups is 1. The van der Waals surface area contributed by atoms with Crippen molar-refractivity contribution in [2.75, 3.05) is 0 Å². The lowest BCUT2D eigenvalue weighted by Gasteiger charge is -2.26. The molecule has 38 heavy (non-hydrogen) atoms. The van der Waals surface area contributed by atoms with Gasteiger partial charge in [0.15, 0.2) is 5.84 Å². The molecular weight excluding hydrogens is 488 g/mol. The van der Waals surface area contributed by atoms with Crippen LogP contribution in [0.2, 0.25) is 0 Å². The minimum absolute atomic E-state index is 0.0106. The molecule has 0 heterocycles. The highest BCUT2D eigenvalue weighted by molar-refractivity contribution is 5.97. The number of nitrogens with two attached hydrogens (primary N) is 1. The largest absolute Gasteiger partial charge is 0.409 e. The zero-order chi connectivity index (χ0) is 27.0. The average molecular weight is 514 g/mol. The van der Waals surface area contributed by atoms with Gasteiger partial charge in [0.2, 0.25) is 0 Å². The number of rotatable bonds is 5. The predicted octanol–water partition coefficient (Wildman–Crippen LogP) is 4.95. The summed E-state index contributed by atoms with van der Waals surface area (Å²) in [6, 6.07) is 19.2. The van der Waals surface area contributed by atoms with Crippen LogP contribution in [0.1, 0.15) is 55.4 Å². The summed E-state index contributed by atoms with van der Waals surface area (Å²) in [5.41, 5.74) is 12.3. The van der Waals surface area contributed by atoms with Crippen LogP contribution in [0.25, 0.3) is 11.1 Å². The van der Waals surface area contributed by atoms with Gasteiger partial charge in [0, 0.05) is 29.3 Å². The second-order valence-corrected chi connectivity index (χ2v) is 9.34. The number of oxime groups is 1. The first-order valence-corrected chi connectivity index (χ1v) is 12.0. The molecule has 0 spiro atoms. The quantitative estimate of drug-likeness (QED) is 0.131. The van der Waals surface area contributed by atoms with Crippen molar-refractivity contribution in [1.82, 2.24) is 5.32 Å². The number of aliphatic hydroxyl groups is 1. The average Bonchev–Trinajstić information content (AvgIpc) is 2.91. The van der Waals surface area contributed by atoms with E-state index in [1.54, 1.807) is 48.5 Å². The molecule has 0 saturated carbocycles. The third-order valence-corrected chi connectivity index (χ3v) is 6.95. The molecule has 5 rings (SSSR count). The predicted molar refractivity (Wildman–Crippen MR) is 140 cm³/mol. The Morgan fingerprint density at radius 1 is 0.974 bits per heavy atom. The van der Waals surface area contributed by atoms with Gasteiger partial charge in [0.25, 0.3) is 5.91 Å². The van der Waals surface area contributed by atoms with Gasteiger partial charge in [0.1, 0.15) is 17.7 Å². The number of amides is 1. The minimum Gasteiger partial charge on any atom is -0.409 e. The van der Waals surface area contributed by atoms with Crippen LogP contribution in [0.5, 0.6) is 0 Å². The van der Waals surface area contributed by atoms with E-state index in [2.05, 4.69) is 10.5 Å². The maximum atomic E-state index is 14.4. The van der Waals surface area contributed by atoms with E-state index in [-0.39, 0.29) is 23.9 Å². The Balaban J connectivity index is 1.35. The van der Waals surface area contributed by atoms with E-state index in [0.29, 0.717) is 34.2 Å². The highest BCUT2D eigenvalue weighted by Crippen LogP contribution is 2.37. The van der Waals surface area contributed by atoms with Crippen molar-refractivity contribution in [3.8, 4) is 11.1 Å². The van der Waals surface area contributed by atoms with E-state index in [1.165, 1.54) is 12.1 Å². The van der Waals surface area contributed by atoms with Crippen LogP contribution in [-0.2, 0) is 13.0 Å². The first kappa shape index (κ1) is 25.1. The number of hydrogen-bond donors (Lipinski definition) is 4. The fourth-order valence-electron chi connectivity index (χ4n) is 4.85. The summed E-state index contributed by atoms with van der Waals surface area (Å²) >= 11 is 0. The molecule has 1 unspecified atom stereocenters. The summed E-state index contributed by atoms with van der Waals surface area (Å²) in [4.78, 5) is 12.9. The molecule has 0 saturated heterocycles. The number of aryl methyl sites for hydroxylation is 1. The van der Waals surface area contributed by atoms with Gasteiger partial charge in [-0.05, 0) is 82.6 Å². The number of hydrogen-bond acceptors (Lipinski definition) is 4. The van der Waals surface area contributed by atoms with Crippen LogP contribution in [0.15, 0.2) is 78.0 Å². The third kappa shape index (κ3) is 4.73. The Morgan fingerprint density at radius 2 is 1.68 bits per heavy atom. The molecule has 4 aromatic carbocycles. The van der Waals surface area contributed by atoms with E-state index in [4.69, 9.17) is 10.9 Å². The van der Waals surface area contributed by atoms with Crippen molar-refractivity contribution in [2.24, 2.45) is 10.9 Å². The number of amidine groups is 1. The van der Waals surface area contributed by atoms with Crippen LogP contribution in [0, 0.1) is 18.6 Å². The molecule has 6 nitrogen and oxygen atoms in total. The highest BCUT2D eigenvalue weighted by atomic mass is 19.1. The molecule has 5 N–H and O–H groups in total. The molecule has 1 aliphatic rings. The molecule has 0 aliphatic heterocycles. The van der Waals surface area contributed by atoms with Crippen molar-refractivity contribution in [1.29, 1.82) is 0 Å². The van der Waals surface area contributed by atoms with Crippen LogP contribution in [-0.4, -0.2) is 22.1 Å². The van der Waals surface area contributed by atoms with Crippen molar-refractivity contribution < 1.29 is 23.9 Å². The van der Waals surface area contributed by atoms with Crippen molar-refractivity contribution in [2.45, 2.75) is 26.0 Å². The second kappa shape index (κ2) is 10.1. The Labute approximate surface area is 218 Å². The molecule has 4 aromatic rings. The molecule has 1 amide bonds. The van der Waals surface area contributed by atoms with Gasteiger partial charge in [0.05, 0.1) is 0 Å². The lowest BCUT2D eigenvalue weighted by atomic mass is 9.82. The summed E-state index contributed by atoms with van der Waals surface area (Å²) in [5.74, 6) is -1.56. The van der Waals surface area contributed by atoms with E-state index in [0.717, 1.165) is 28.3 Å². The number of nitrogens with one attached hydrogen (secondary N) is 1. The van der Waals surface area contributed by atoms with Crippen LogP contribution < -0.4 is 11.1 Å². The maximum Gasteiger partial charge on any atom is 0.251 e. The van der Waals surface area contributed by atoms with Gasteiger partial charge in [-0.1, -0.05) is 41.6 Å². The fourth-order valence-corrected chi connectivity index (χ4v) is 4.85. The van der Waals surface area contributed by atoms with Gasteiger partial charge in [-0.2, -0.15) is 0 Å². The molecule has 8 heteroatoms. The number of nitrogens with zero attached hydrogens (tertiary/aromatic N) is 1. The van der Waals surface area contributed by atoms with E-state index in [9.17, 15) is 18.7 Å². The van der Waals surface area contributed by atoms with Gasteiger partial charge in [-0.15, -0.1) is 0 Å². The monoisotopic (exact) mass is 513 g/mol. The van der Waals surface area contributed by atoms with Gasteiger partial charge in [-0.25, -0.2) is 8.78 Å². The number of benzene rings is 4. The summed E-state index contributed by atoms with van der Waals surface area (Å²) in [7, 11) is 0. The lowest BCUT2D eigenvalue weighted by Crippen LogP contribution is -2.24. The normalized spacial score (nSPS) is 14.5. The van der Waals surface area contributed by atoms with E-state index in [1.807, 2.05) is 13.0 Å². The summed E-state index contributed by atoms with van der Waals surface area (Å²) in [6.45, 7) is 2.16. The topological polar surface area (TPSA) is 108 Å². The first-order valence-electron chi connectivity index (χ1n) is 12.0. The smallest absolute Gasteiger partial charge is 0.251 e. The van der Waals surface area contributed by atoms with Gasteiger partial charge >= 0.3 is 0 Å². The van der Waals surface area contributed by atoms with Gasteiger partial charge in [-0.3, -0.25) is 4.79 Å². The molecule has 0 fully saturated rings. The molecule has 192 valence electrons. The highest BCUT2D eigenvalue weighted by Gasteiger charge is 2.25. The molecular formula is C30H25F2N3O3. The Morgan fingerprint density at radius 3 is 2.39 bits per heavy atom. The molecule has 0 bridgehead atoms. The van der Waals surface area contributed by atoms with E-state index >= 15 is 0 Å². The first-order chi connectivity index (χ1) is 18.2. The maximum absolute atomic E-state index is 14.4. The van der Waals surface area contributed by atoms with Gasteiger partial charge < -0.3 is 21.4 Å². The summed E-state index contributed by atoms with van der Waals surface area (Å²) in [6.07, 6.45) is -0.428. The Bertz CT molecular complexity index is 1600. The molecule has 1 atom stereocenters. The number of aliphatic hydroxyl groups excluding tert-OH is 1. The van der Waals surface area contributed by atoms with Crippen LogP contribution >= 0.6 is 0 Å². The standard InChI is InChI=1S/C30H25F2N3O3/c1-16-10-18(29(33)35-38)2-3-20(16)15-34-30(37)19-5-8-26-22(12-19)13-21-11-17(4-7-25(21)28(26)36)24-9-6-23(31)14-27(24)32/h2-12,14,28,36,38H,13,15H2,1H3,(H2,33,35)(H,34,37). The molecule has 0 radical (unpaired) electrons. The zero-order valence-electron chi connectivity index (χ0n) is 20.5. The Kier molecular flexibility index (Phi) is 6.65. The van der Waals surface area contributed by atoms with Crippen LogP contribution in [0.3, 0.4) is 0 Å². The van der Waals surface area contributed by atoms with Crippen LogP contribution in [0.4, 0.5) is 8.78 Å². The number of carbonyl (C=O) groups excluding carboxylic acids is 1. The van der Waals surface area contributed by atoms with E-state index < -0.39 is 17.7 Å². The fraction of sp³-hybridized carbons (Fsp3) is 0.133. The minimum atomic E-state index is -0.881. The van der Waals surface area contributed by atoms with Crippen molar-refractivity contribution in [3.05, 3.63) is 129 Å². The number of halogens is 2. The zero-order valence-corrected chi connectivity index (χ0v) is 20.5. The Hall–Kier alpha value is -4.56. The molecule has 1 aliphatic carbocycles. The second-order valence-electron chi connectivity index (χ2n) is 9.34. The summed E-state index contributed by atoms with van der Waals surface area (Å²) in [5, 5.41) is 25.8. The van der Waals surface area contributed by atoms with Crippen molar-refractivity contribution in [3.63, 3.8) is 0 Å². The SMILES string of the molecule is Cc1cc(C(N)=NO)ccc1CNC(=O)c1ccc2c(c1)Cc1cc(-c3ccc(F)cc3F)ccc1C2O. The summed E-state index contributed by atoms with van der Waals surface area (Å²) < 4.78 is 27.7. The molecule has 0 aromatic heterocycles. The lowest BCUT2D eigenvalue weighted by molar-refractivity contribution is 0.0950. The van der Waals surface area contributed by atoms with Crippen molar-refractivity contribution >= 4 is 11.7 Å². The third-order valence-electron chi connectivity index (χ3n) is 6.95. The number of fused-ring (bicyclic) bond motifs is 2.